The number of carboxylic acid groups (broad SMARTS) is 1. The lowest BCUT2D eigenvalue weighted by Gasteiger charge is -2.25. The summed E-state index contributed by atoms with van der Waals surface area (Å²) in [6.07, 6.45) is 2.70. The van der Waals surface area contributed by atoms with Crippen LogP contribution < -0.4 is 16.3 Å². The molecule has 0 radical (unpaired) electrons. The van der Waals surface area contributed by atoms with Crippen LogP contribution in [0.25, 0.3) is 10.9 Å². The first-order valence-electron chi connectivity index (χ1n) is 9.81. The van der Waals surface area contributed by atoms with E-state index in [1.807, 2.05) is 0 Å². The topological polar surface area (TPSA) is 149 Å². The zero-order valence-electron chi connectivity index (χ0n) is 17.8. The molecule has 178 valence electrons. The Hall–Kier alpha value is -4.29. The third-order valence-corrected chi connectivity index (χ3v) is 6.85. The Morgan fingerprint density at radius 1 is 1.06 bits per heavy atom. The molecule has 1 amide bonds. The van der Waals surface area contributed by atoms with Crippen LogP contribution in [0.3, 0.4) is 0 Å². The Kier molecular flexibility index (Phi) is 6.01. The molecule has 0 atom stereocenters. The van der Waals surface area contributed by atoms with E-state index in [4.69, 9.17) is 11.6 Å². The summed E-state index contributed by atoms with van der Waals surface area (Å²) in [6.45, 7) is 1.14. The van der Waals surface area contributed by atoms with Gasteiger partial charge in [-0.1, -0.05) is 17.7 Å². The number of rotatable bonds is 5. The quantitative estimate of drug-likeness (QED) is 0.425. The largest absolute Gasteiger partial charge is 0.478 e. The van der Waals surface area contributed by atoms with Crippen molar-refractivity contribution in [2.75, 3.05) is 5.01 Å². The number of anilines is 1. The highest BCUT2D eigenvalue weighted by molar-refractivity contribution is 7.90. The molecule has 0 bridgehead atoms. The predicted molar refractivity (Wildman–Crippen MR) is 126 cm³/mol. The minimum absolute atomic E-state index is 0.0174. The number of carbonyl (C=O) groups excluding carboxylic acids is 1. The first-order chi connectivity index (χ1) is 16.5. The predicted octanol–water partition coefficient (Wildman–Crippen LogP) is 1.96. The van der Waals surface area contributed by atoms with Crippen LogP contribution in [0.15, 0.2) is 81.5 Å². The Morgan fingerprint density at radius 3 is 2.43 bits per heavy atom. The minimum atomic E-state index is -4.90. The first kappa shape index (κ1) is 23.9. The standard InChI is InChI=1S/C22H15ClN4O7S/c1-13(28)25(16-5-3-9-24-12-16)26-19-11-15(23)7-8-18(19)20(29)27(22(26)32)35(33,34)17-6-2-4-14(10-17)21(30)31/h2-12H,1H3,(H,30,31). The molecule has 0 saturated carbocycles. The molecule has 11 nitrogen and oxygen atoms in total. The number of fused-ring (bicyclic) bond motifs is 1. The van der Waals surface area contributed by atoms with Gasteiger partial charge in [0.2, 0.25) is 5.91 Å². The maximum atomic E-state index is 13.6. The fourth-order valence-corrected chi connectivity index (χ4v) is 4.97. The van der Waals surface area contributed by atoms with Crippen molar-refractivity contribution < 1.29 is 23.1 Å². The van der Waals surface area contributed by atoms with Gasteiger partial charge in [0.05, 0.1) is 33.2 Å². The van der Waals surface area contributed by atoms with Crippen molar-refractivity contribution in [3.05, 3.63) is 98.4 Å². The third-order valence-electron chi connectivity index (χ3n) is 4.97. The summed E-state index contributed by atoms with van der Waals surface area (Å²) in [5.74, 6) is -2.10. The molecule has 35 heavy (non-hydrogen) atoms. The summed E-state index contributed by atoms with van der Waals surface area (Å²) >= 11 is 6.08. The summed E-state index contributed by atoms with van der Waals surface area (Å²) in [6, 6.07) is 10.9. The number of carbonyl (C=O) groups is 2. The Bertz CT molecular complexity index is 1730. The normalized spacial score (nSPS) is 11.4. The summed E-state index contributed by atoms with van der Waals surface area (Å²) in [5.41, 5.74) is -2.98. The molecule has 2 heterocycles. The molecule has 13 heteroatoms. The molecule has 0 saturated heterocycles. The molecule has 2 aromatic carbocycles. The van der Waals surface area contributed by atoms with E-state index in [1.165, 1.54) is 42.7 Å². The molecular weight excluding hydrogens is 500 g/mol. The Balaban J connectivity index is 2.16. The zero-order valence-corrected chi connectivity index (χ0v) is 19.4. The SMILES string of the molecule is CC(=O)N(c1cccnc1)n1c(=O)n(S(=O)(=O)c2cccc(C(=O)O)c2)c(=O)c2ccc(Cl)cc21. The lowest BCUT2D eigenvalue weighted by Crippen LogP contribution is -2.51. The highest BCUT2D eigenvalue weighted by Crippen LogP contribution is 2.21. The number of carboxylic acids is 1. The van der Waals surface area contributed by atoms with Gasteiger partial charge in [-0.3, -0.25) is 14.6 Å². The van der Waals surface area contributed by atoms with Gasteiger partial charge in [0.15, 0.2) is 0 Å². The number of benzene rings is 2. The second-order valence-corrected chi connectivity index (χ2v) is 9.43. The molecule has 0 unspecified atom stereocenters. The molecule has 0 aliphatic heterocycles. The molecule has 1 N–H and O–H groups in total. The van der Waals surface area contributed by atoms with Crippen molar-refractivity contribution in [3.8, 4) is 0 Å². The van der Waals surface area contributed by atoms with Crippen LogP contribution in [-0.2, 0) is 14.8 Å². The number of pyridine rings is 1. The van der Waals surface area contributed by atoms with Crippen molar-refractivity contribution in [2.45, 2.75) is 11.8 Å². The summed E-state index contributed by atoms with van der Waals surface area (Å²) in [7, 11) is -4.90. The second kappa shape index (κ2) is 8.81. The van der Waals surface area contributed by atoms with Crippen molar-refractivity contribution in [2.24, 2.45) is 0 Å². The summed E-state index contributed by atoms with van der Waals surface area (Å²) in [5, 5.41) is 9.97. The van der Waals surface area contributed by atoms with Gasteiger partial charge in [0.1, 0.15) is 0 Å². The van der Waals surface area contributed by atoms with Crippen LogP contribution in [-0.4, -0.2) is 39.0 Å². The van der Waals surface area contributed by atoms with Crippen molar-refractivity contribution in [1.82, 2.24) is 13.6 Å². The van der Waals surface area contributed by atoms with Crippen molar-refractivity contribution in [3.63, 3.8) is 0 Å². The maximum Gasteiger partial charge on any atom is 0.365 e. The van der Waals surface area contributed by atoms with Crippen LogP contribution in [0.5, 0.6) is 0 Å². The second-order valence-electron chi connectivity index (χ2n) is 7.21. The molecule has 0 fully saturated rings. The number of amides is 1. The van der Waals surface area contributed by atoms with Crippen LogP contribution in [0, 0.1) is 0 Å². The van der Waals surface area contributed by atoms with Crippen molar-refractivity contribution in [1.29, 1.82) is 0 Å². The van der Waals surface area contributed by atoms with E-state index in [-0.39, 0.29) is 31.1 Å². The lowest BCUT2D eigenvalue weighted by atomic mass is 10.2. The van der Waals surface area contributed by atoms with Gasteiger partial charge in [0, 0.05) is 18.1 Å². The van der Waals surface area contributed by atoms with E-state index < -0.39 is 38.0 Å². The van der Waals surface area contributed by atoms with Gasteiger partial charge >= 0.3 is 11.7 Å². The van der Waals surface area contributed by atoms with E-state index in [9.17, 15) is 32.7 Å². The highest BCUT2D eigenvalue weighted by Gasteiger charge is 2.29. The number of hydrogen-bond donors (Lipinski definition) is 1. The fourth-order valence-electron chi connectivity index (χ4n) is 3.46. The highest BCUT2D eigenvalue weighted by atomic mass is 35.5. The zero-order chi connectivity index (χ0) is 25.5. The molecule has 0 aliphatic carbocycles. The Morgan fingerprint density at radius 2 is 1.80 bits per heavy atom. The molecule has 4 aromatic rings. The number of hydrogen-bond acceptors (Lipinski definition) is 7. The molecule has 4 rings (SSSR count). The smallest absolute Gasteiger partial charge is 0.365 e. The lowest BCUT2D eigenvalue weighted by molar-refractivity contribution is -0.117. The monoisotopic (exact) mass is 514 g/mol. The van der Waals surface area contributed by atoms with Gasteiger partial charge in [-0.25, -0.2) is 23.0 Å². The summed E-state index contributed by atoms with van der Waals surface area (Å²) < 4.78 is 27.6. The van der Waals surface area contributed by atoms with E-state index in [2.05, 4.69) is 4.98 Å². The van der Waals surface area contributed by atoms with Gasteiger partial charge in [-0.2, -0.15) is 4.68 Å². The number of halogens is 1. The Labute approximate surface area is 202 Å². The number of aromatic carboxylic acids is 1. The van der Waals surface area contributed by atoms with Gasteiger partial charge < -0.3 is 5.11 Å². The van der Waals surface area contributed by atoms with Crippen LogP contribution >= 0.6 is 11.6 Å². The van der Waals surface area contributed by atoms with E-state index in [1.54, 1.807) is 0 Å². The van der Waals surface area contributed by atoms with Gasteiger partial charge in [0.25, 0.3) is 15.6 Å². The average molecular weight is 515 g/mol. The molecule has 2 aromatic heterocycles. The minimum Gasteiger partial charge on any atom is -0.478 e. The average Bonchev–Trinajstić information content (AvgIpc) is 2.81. The van der Waals surface area contributed by atoms with Crippen molar-refractivity contribution >= 4 is 50.1 Å². The number of aromatic nitrogens is 3. The van der Waals surface area contributed by atoms with E-state index in [0.29, 0.717) is 4.68 Å². The molecule has 0 spiro atoms. The molecule has 0 aliphatic rings. The summed E-state index contributed by atoms with van der Waals surface area (Å²) in [4.78, 5) is 54.2. The fraction of sp³-hybridized carbons (Fsp3) is 0.0455. The van der Waals surface area contributed by atoms with E-state index >= 15 is 0 Å². The van der Waals surface area contributed by atoms with Crippen LogP contribution in [0.1, 0.15) is 17.3 Å². The first-order valence-corrected chi connectivity index (χ1v) is 11.6. The van der Waals surface area contributed by atoms with Crippen LogP contribution in [0.2, 0.25) is 5.02 Å². The maximum absolute atomic E-state index is 13.6. The number of nitrogens with zero attached hydrogens (tertiary/aromatic N) is 4. The van der Waals surface area contributed by atoms with E-state index in [0.717, 1.165) is 36.2 Å². The van der Waals surface area contributed by atoms with Gasteiger partial charge in [-0.05, 0) is 48.5 Å². The van der Waals surface area contributed by atoms with Crippen LogP contribution in [0.4, 0.5) is 5.69 Å². The molecular formula is C22H15ClN4O7S. The third kappa shape index (κ3) is 4.09. The van der Waals surface area contributed by atoms with Gasteiger partial charge in [-0.15, -0.1) is 3.97 Å².